The summed E-state index contributed by atoms with van der Waals surface area (Å²) in [5.74, 6) is -0.143. The molecule has 1 aromatic carbocycles. The molecule has 0 amide bonds. The first-order chi connectivity index (χ1) is 8.68. The molecule has 1 unspecified atom stereocenters. The van der Waals surface area contributed by atoms with E-state index in [2.05, 4.69) is 17.3 Å². The van der Waals surface area contributed by atoms with E-state index < -0.39 is 0 Å². The average Bonchev–Trinajstić information content (AvgIpc) is 2.38. The molecule has 4 heteroatoms. The molecule has 100 valence electrons. The Balaban J connectivity index is 1.88. The fourth-order valence-electron chi connectivity index (χ4n) is 2.41. The second-order valence-electron chi connectivity index (χ2n) is 5.00. The summed E-state index contributed by atoms with van der Waals surface area (Å²) in [6.07, 6.45) is 1.05. The van der Waals surface area contributed by atoms with E-state index >= 15 is 0 Å². The fraction of sp³-hybridized carbons (Fsp3) is 0.571. The molecule has 0 aromatic heterocycles. The number of anilines is 1. The molecule has 1 heterocycles. The summed E-state index contributed by atoms with van der Waals surface area (Å²) in [5, 5.41) is 3.41. The van der Waals surface area contributed by atoms with E-state index in [1.54, 1.807) is 6.07 Å². The number of nitrogens with zero attached hydrogens (tertiary/aromatic N) is 2. The zero-order chi connectivity index (χ0) is 13.0. The van der Waals surface area contributed by atoms with Gasteiger partial charge in [0, 0.05) is 39.3 Å². The van der Waals surface area contributed by atoms with Gasteiger partial charge in [-0.3, -0.25) is 0 Å². The third kappa shape index (κ3) is 3.21. The van der Waals surface area contributed by atoms with Crippen LogP contribution in [-0.2, 0) is 0 Å². The molecule has 2 rings (SSSR count). The predicted molar refractivity (Wildman–Crippen MR) is 73.6 cm³/mol. The lowest BCUT2D eigenvalue weighted by Gasteiger charge is -2.34. The topological polar surface area (TPSA) is 18.5 Å². The number of hydrogen-bond donors (Lipinski definition) is 1. The molecule has 3 nitrogen and oxygen atoms in total. The molecule has 0 saturated carbocycles. The Bertz CT molecular complexity index is 383. The van der Waals surface area contributed by atoms with Crippen LogP contribution in [0.15, 0.2) is 24.3 Å². The van der Waals surface area contributed by atoms with E-state index in [9.17, 15) is 4.39 Å². The summed E-state index contributed by atoms with van der Waals surface area (Å²) >= 11 is 0. The second kappa shape index (κ2) is 6.16. The third-order valence-corrected chi connectivity index (χ3v) is 3.71. The summed E-state index contributed by atoms with van der Waals surface area (Å²) in [6.45, 7) is 4.06. The highest BCUT2D eigenvalue weighted by molar-refractivity contribution is 5.46. The summed E-state index contributed by atoms with van der Waals surface area (Å²) in [6, 6.07) is 7.50. The van der Waals surface area contributed by atoms with Crippen LogP contribution in [0.25, 0.3) is 0 Å². The van der Waals surface area contributed by atoms with Gasteiger partial charge < -0.3 is 15.1 Å². The highest BCUT2D eigenvalue weighted by atomic mass is 19.1. The van der Waals surface area contributed by atoms with Crippen molar-refractivity contribution < 1.29 is 4.39 Å². The first-order valence-corrected chi connectivity index (χ1v) is 6.55. The van der Waals surface area contributed by atoms with Gasteiger partial charge in [-0.25, -0.2) is 4.39 Å². The van der Waals surface area contributed by atoms with Crippen molar-refractivity contribution in [2.45, 2.75) is 12.5 Å². The number of rotatable bonds is 4. The Morgan fingerprint density at radius 1 is 1.44 bits per heavy atom. The Morgan fingerprint density at radius 3 is 2.94 bits per heavy atom. The summed E-state index contributed by atoms with van der Waals surface area (Å²) in [4.78, 5) is 4.38. The number of halogens is 1. The van der Waals surface area contributed by atoms with E-state index in [1.807, 2.05) is 24.1 Å². The highest BCUT2D eigenvalue weighted by Gasteiger charge is 2.19. The van der Waals surface area contributed by atoms with Crippen molar-refractivity contribution in [3.05, 3.63) is 30.1 Å². The molecule has 0 bridgehead atoms. The summed E-state index contributed by atoms with van der Waals surface area (Å²) in [7, 11) is 4.11. The maximum Gasteiger partial charge on any atom is 0.146 e. The Kier molecular flexibility index (Phi) is 4.55. The molecule has 1 aliphatic rings. The van der Waals surface area contributed by atoms with E-state index in [0.29, 0.717) is 11.7 Å². The molecule has 0 aliphatic carbocycles. The van der Waals surface area contributed by atoms with Gasteiger partial charge in [-0.15, -0.1) is 0 Å². The van der Waals surface area contributed by atoms with Crippen LogP contribution in [-0.4, -0.2) is 51.2 Å². The normalized spacial score (nSPS) is 20.9. The lowest BCUT2D eigenvalue weighted by atomic mass is 10.1. The first-order valence-electron chi connectivity index (χ1n) is 6.55. The maximum atomic E-state index is 13.6. The van der Waals surface area contributed by atoms with E-state index in [0.717, 1.165) is 32.6 Å². The van der Waals surface area contributed by atoms with Gasteiger partial charge in [-0.05, 0) is 25.6 Å². The van der Waals surface area contributed by atoms with Crippen molar-refractivity contribution in [3.63, 3.8) is 0 Å². The first kappa shape index (κ1) is 13.3. The molecule has 1 saturated heterocycles. The molecular weight excluding hydrogens is 229 g/mol. The van der Waals surface area contributed by atoms with Crippen LogP contribution in [0, 0.1) is 5.82 Å². The number of nitrogens with one attached hydrogen (secondary N) is 1. The maximum absolute atomic E-state index is 13.6. The minimum atomic E-state index is -0.143. The van der Waals surface area contributed by atoms with Gasteiger partial charge in [0.05, 0.1) is 5.69 Å². The van der Waals surface area contributed by atoms with Crippen molar-refractivity contribution in [2.24, 2.45) is 0 Å². The molecule has 1 aromatic rings. The quantitative estimate of drug-likeness (QED) is 0.876. The van der Waals surface area contributed by atoms with Gasteiger partial charge in [-0.2, -0.15) is 0 Å². The fourth-order valence-corrected chi connectivity index (χ4v) is 2.41. The van der Waals surface area contributed by atoms with Crippen LogP contribution in [0.4, 0.5) is 10.1 Å². The average molecular weight is 251 g/mol. The van der Waals surface area contributed by atoms with Crippen LogP contribution in [0.3, 0.4) is 0 Å². The number of likely N-dealkylation sites (N-methyl/N-ethyl adjacent to an activating group) is 1. The van der Waals surface area contributed by atoms with Gasteiger partial charge in [0.1, 0.15) is 5.82 Å². The molecule has 0 radical (unpaired) electrons. The van der Waals surface area contributed by atoms with Crippen LogP contribution in [0.5, 0.6) is 0 Å². The largest absolute Gasteiger partial charge is 0.372 e. The van der Waals surface area contributed by atoms with Crippen LogP contribution < -0.4 is 10.2 Å². The van der Waals surface area contributed by atoms with E-state index in [1.165, 1.54) is 6.07 Å². The molecule has 1 N–H and O–H groups in total. The van der Waals surface area contributed by atoms with Crippen LogP contribution in [0.1, 0.15) is 6.42 Å². The summed E-state index contributed by atoms with van der Waals surface area (Å²) in [5.41, 5.74) is 0.684. The minimum absolute atomic E-state index is 0.143. The monoisotopic (exact) mass is 251 g/mol. The minimum Gasteiger partial charge on any atom is -0.372 e. The van der Waals surface area contributed by atoms with Gasteiger partial charge >= 0.3 is 0 Å². The SMILES string of the molecule is CN(CCC1CNCCN1C)c1ccccc1F. The standard InChI is InChI=1S/C14H22FN3/c1-17-10-8-16-11-12(17)7-9-18(2)14-6-4-3-5-13(14)15/h3-6,12,16H,7-11H2,1-2H3. The van der Waals surface area contributed by atoms with E-state index in [4.69, 9.17) is 0 Å². The van der Waals surface area contributed by atoms with Gasteiger partial charge in [0.25, 0.3) is 0 Å². The van der Waals surface area contributed by atoms with Gasteiger partial charge in [-0.1, -0.05) is 12.1 Å². The van der Waals surface area contributed by atoms with Crippen molar-refractivity contribution in [1.82, 2.24) is 10.2 Å². The van der Waals surface area contributed by atoms with E-state index in [-0.39, 0.29) is 5.82 Å². The van der Waals surface area contributed by atoms with Gasteiger partial charge in [0.15, 0.2) is 0 Å². The Hall–Kier alpha value is -1.13. The smallest absolute Gasteiger partial charge is 0.146 e. The van der Waals surface area contributed by atoms with Crippen LogP contribution in [0.2, 0.25) is 0 Å². The lowest BCUT2D eigenvalue weighted by Crippen LogP contribution is -2.50. The van der Waals surface area contributed by atoms with Gasteiger partial charge in [0.2, 0.25) is 0 Å². The van der Waals surface area contributed by atoms with Crippen molar-refractivity contribution in [3.8, 4) is 0 Å². The second-order valence-corrected chi connectivity index (χ2v) is 5.00. The number of hydrogen-bond acceptors (Lipinski definition) is 3. The number of para-hydroxylation sites is 1. The zero-order valence-electron chi connectivity index (χ0n) is 11.2. The molecule has 1 atom stereocenters. The zero-order valence-corrected chi connectivity index (χ0v) is 11.2. The third-order valence-electron chi connectivity index (χ3n) is 3.71. The molecule has 0 spiro atoms. The predicted octanol–water partition coefficient (Wildman–Crippen LogP) is 1.56. The number of benzene rings is 1. The lowest BCUT2D eigenvalue weighted by molar-refractivity contribution is 0.192. The summed E-state index contributed by atoms with van der Waals surface area (Å²) < 4.78 is 13.6. The number of piperazine rings is 1. The highest BCUT2D eigenvalue weighted by Crippen LogP contribution is 2.18. The van der Waals surface area contributed by atoms with Crippen molar-refractivity contribution in [1.29, 1.82) is 0 Å². The molecule has 1 fully saturated rings. The van der Waals surface area contributed by atoms with Crippen LogP contribution >= 0.6 is 0 Å². The molecule has 1 aliphatic heterocycles. The van der Waals surface area contributed by atoms with Crippen molar-refractivity contribution >= 4 is 5.69 Å². The Labute approximate surface area is 109 Å². The Morgan fingerprint density at radius 2 is 2.22 bits per heavy atom. The molecular formula is C14H22FN3. The molecule has 18 heavy (non-hydrogen) atoms. The van der Waals surface area contributed by atoms with Crippen molar-refractivity contribution in [2.75, 3.05) is 45.2 Å².